The van der Waals surface area contributed by atoms with Crippen LogP contribution in [-0.4, -0.2) is 188 Å². The van der Waals surface area contributed by atoms with Crippen LogP contribution in [0.2, 0.25) is 0 Å². The van der Waals surface area contributed by atoms with E-state index >= 15 is 0 Å². The first-order valence-electron chi connectivity index (χ1n) is 29.1. The predicted octanol–water partition coefficient (Wildman–Crippen LogP) is 9.48. The van der Waals surface area contributed by atoms with E-state index in [-0.39, 0.29) is 68.6 Å². The number of allylic oxidation sites excluding steroid dienone is 4. The maximum Gasteiger partial charge on any atom is 0.265 e. The number of amides is 2. The third-order valence-electron chi connectivity index (χ3n) is 15.3. The minimum atomic E-state index is -3.31. The van der Waals surface area contributed by atoms with Crippen LogP contribution in [0.3, 0.4) is 0 Å². The Labute approximate surface area is 485 Å². The fourth-order valence-corrected chi connectivity index (χ4v) is 12.2. The normalized spacial score (nSPS) is 22.3. The highest BCUT2D eigenvalue weighted by Crippen LogP contribution is 2.35. The summed E-state index contributed by atoms with van der Waals surface area (Å²) in [6.07, 6.45) is 16.7. The van der Waals surface area contributed by atoms with Crippen LogP contribution in [0, 0.1) is 0 Å². The zero-order chi connectivity index (χ0) is 60.6. The molecule has 0 saturated heterocycles. The van der Waals surface area contributed by atoms with Gasteiger partial charge in [0.25, 0.3) is 15.9 Å². The summed E-state index contributed by atoms with van der Waals surface area (Å²) in [6, 6.07) is 0. The molecule has 8 aliphatic heterocycles. The molecule has 0 aliphatic carbocycles. The molecule has 8 aliphatic rings. The number of nitrogens with one attached hydrogen (secondary N) is 2. The molecule has 80 heavy (non-hydrogen) atoms. The van der Waals surface area contributed by atoms with E-state index in [1.165, 1.54) is 5.70 Å². The summed E-state index contributed by atoms with van der Waals surface area (Å²) in [6.45, 7) is 61.1. The number of carbonyl (C=O) groups excluding carboxylic acids is 2. The summed E-state index contributed by atoms with van der Waals surface area (Å²) in [4.78, 5) is 42.6. The third-order valence-corrected chi connectivity index (χ3v) is 16.5. The van der Waals surface area contributed by atoms with Crippen molar-refractivity contribution in [2.45, 2.75) is 210 Å². The number of carbonyl (C=O) groups is 2. The third kappa shape index (κ3) is 17.3. The average molecular weight is 1130 g/mol. The van der Waals surface area contributed by atoms with Gasteiger partial charge in [-0.3, -0.25) is 33.9 Å². The van der Waals surface area contributed by atoms with Crippen LogP contribution >= 0.6 is 0 Å². The van der Waals surface area contributed by atoms with Gasteiger partial charge in [0, 0.05) is 96.7 Å². The van der Waals surface area contributed by atoms with Gasteiger partial charge in [-0.15, -0.1) is 0 Å². The van der Waals surface area contributed by atoms with Gasteiger partial charge in [0.2, 0.25) is 5.91 Å². The molecule has 0 spiro atoms. The number of hydrogen-bond acceptors (Lipinski definition) is 13. The Morgan fingerprint density at radius 3 is 1.25 bits per heavy atom. The van der Waals surface area contributed by atoms with Crippen molar-refractivity contribution in [3.05, 3.63) is 94.3 Å². The smallest absolute Gasteiger partial charge is 0.265 e. The van der Waals surface area contributed by atoms with Gasteiger partial charge in [-0.25, -0.2) is 8.42 Å². The number of ether oxygens (including phenoxy) is 2. The van der Waals surface area contributed by atoms with Crippen LogP contribution in [0.25, 0.3) is 0 Å². The number of hydrogen-bond donors (Lipinski definition) is 2. The second-order valence-corrected chi connectivity index (χ2v) is 31.9. The van der Waals surface area contributed by atoms with E-state index in [1.54, 1.807) is 0 Å². The Hall–Kier alpha value is -4.55. The van der Waals surface area contributed by atoms with Crippen molar-refractivity contribution in [1.29, 1.82) is 0 Å². The molecule has 8 heterocycles. The van der Waals surface area contributed by atoms with E-state index in [4.69, 9.17) is 9.47 Å². The molecule has 0 aromatic carbocycles. The first kappa shape index (κ1) is 66.3. The summed E-state index contributed by atoms with van der Waals surface area (Å²) >= 11 is 0. The number of nitrogens with zero attached hydrogens (tertiary/aromatic N) is 8. The largest absolute Gasteiger partial charge is 0.490 e. The first-order valence-corrected chi connectivity index (χ1v) is 30.8. The molecule has 0 saturated carbocycles. The van der Waals surface area contributed by atoms with Gasteiger partial charge >= 0.3 is 0 Å². The van der Waals surface area contributed by atoms with Crippen LogP contribution in [-0.2, 0) is 29.1 Å². The average Bonchev–Trinajstić information content (AvgIpc) is 3.83. The summed E-state index contributed by atoms with van der Waals surface area (Å²) in [5.74, 6) is 2.11. The van der Waals surface area contributed by atoms with E-state index < -0.39 is 10.0 Å². The summed E-state index contributed by atoms with van der Waals surface area (Å²) in [5.41, 5.74) is 6.09. The molecule has 8 rings (SSSR count). The quantitative estimate of drug-likeness (QED) is 0.239. The first-order chi connectivity index (χ1) is 36.3. The molecule has 17 heteroatoms. The van der Waals surface area contributed by atoms with E-state index in [2.05, 4.69) is 231 Å². The Morgan fingerprint density at radius 2 is 0.812 bits per heavy atom. The monoisotopic (exact) mass is 1130 g/mol. The summed E-state index contributed by atoms with van der Waals surface area (Å²) in [5, 5.41) is 3.26. The van der Waals surface area contributed by atoms with Crippen molar-refractivity contribution in [1.82, 2.24) is 49.2 Å². The van der Waals surface area contributed by atoms with Crippen molar-refractivity contribution >= 4 is 21.8 Å². The zero-order valence-corrected chi connectivity index (χ0v) is 55.1. The van der Waals surface area contributed by atoms with Crippen LogP contribution < -0.4 is 10.0 Å². The highest BCUT2D eigenvalue weighted by atomic mass is 32.2. The van der Waals surface area contributed by atoms with Gasteiger partial charge in [-0.05, 0) is 190 Å². The molecule has 0 fully saturated rings. The molecule has 0 aromatic heterocycles. The Morgan fingerprint density at radius 1 is 0.425 bits per heavy atom. The minimum absolute atomic E-state index is 0.0150. The van der Waals surface area contributed by atoms with Crippen LogP contribution in [0.15, 0.2) is 94.3 Å². The highest BCUT2D eigenvalue weighted by Gasteiger charge is 2.41. The van der Waals surface area contributed by atoms with Crippen molar-refractivity contribution in [3.63, 3.8) is 0 Å². The van der Waals surface area contributed by atoms with Gasteiger partial charge in [0.1, 0.15) is 24.0 Å². The Balaban J connectivity index is 0.000000196. The topological polar surface area (TPSA) is 137 Å². The van der Waals surface area contributed by atoms with Crippen molar-refractivity contribution in [2.75, 3.05) is 84.5 Å². The Bertz CT molecular complexity index is 2530. The molecular weight excluding hydrogens is 1020 g/mol. The fourth-order valence-electron chi connectivity index (χ4n) is 10.7. The predicted molar refractivity (Wildman–Crippen MR) is 328 cm³/mol. The summed E-state index contributed by atoms with van der Waals surface area (Å²) in [7, 11) is -3.31. The molecular formula is C63H108N10O6S. The van der Waals surface area contributed by atoms with E-state index in [0.29, 0.717) is 12.2 Å². The van der Waals surface area contributed by atoms with Gasteiger partial charge in [-0.2, -0.15) is 0 Å². The molecule has 16 nitrogen and oxygen atoms in total. The zero-order valence-electron chi connectivity index (χ0n) is 54.2. The van der Waals surface area contributed by atoms with Gasteiger partial charge in [0.15, 0.2) is 6.61 Å². The second-order valence-electron chi connectivity index (χ2n) is 30.2. The van der Waals surface area contributed by atoms with Crippen LogP contribution in [0.1, 0.15) is 166 Å². The number of sulfonamides is 1. The van der Waals surface area contributed by atoms with Crippen molar-refractivity contribution < 1.29 is 27.5 Å². The van der Waals surface area contributed by atoms with E-state index in [1.807, 2.05) is 32.9 Å². The lowest BCUT2D eigenvalue weighted by atomic mass is 10.0. The molecule has 0 radical (unpaired) electrons. The molecule has 0 bridgehead atoms. The Kier molecular flexibility index (Phi) is 20.2. The minimum Gasteiger partial charge on any atom is -0.490 e. The van der Waals surface area contributed by atoms with Crippen molar-refractivity contribution in [2.24, 2.45) is 0 Å². The maximum atomic E-state index is 12.4. The molecule has 2 N–H and O–H groups in total. The lowest BCUT2D eigenvalue weighted by Crippen LogP contribution is -2.55. The molecule has 0 atom stereocenters. The SMILES string of the molecule is CC(C)(C)N1CC=CC2=C(C1)N(C(C)(C)C)C(=O)CN2.CC(C)(C)N1CC=CC2=C(C1)N(C(C)(C)C)C(=O)CO2.CC(C)(C)N1CC=CC2=C(C1)N(C(C)(C)C)CCO2.CC(C)(C)N1CC=CC2=C(C1)N(C(C)(C)C)CS(=O)(=O)N2. The summed E-state index contributed by atoms with van der Waals surface area (Å²) < 4.78 is 38.5. The van der Waals surface area contributed by atoms with Crippen LogP contribution in [0.4, 0.5) is 0 Å². The van der Waals surface area contributed by atoms with Crippen LogP contribution in [0.5, 0.6) is 0 Å². The molecule has 452 valence electrons. The molecule has 0 unspecified atom stereocenters. The van der Waals surface area contributed by atoms with Gasteiger partial charge in [0.05, 0.1) is 47.3 Å². The van der Waals surface area contributed by atoms with E-state index in [9.17, 15) is 18.0 Å². The molecule has 2 amide bonds. The van der Waals surface area contributed by atoms with Gasteiger partial charge < -0.3 is 34.4 Å². The highest BCUT2D eigenvalue weighted by molar-refractivity contribution is 7.89. The molecule has 0 aromatic rings. The second kappa shape index (κ2) is 24.3. The number of rotatable bonds is 0. The maximum absolute atomic E-state index is 12.4. The van der Waals surface area contributed by atoms with E-state index in [0.717, 1.165) is 99.8 Å². The fraction of sp³-hybridized carbons (Fsp3) is 0.714. The lowest BCUT2D eigenvalue weighted by Gasteiger charge is -2.45. The standard InChI is InChI=1S/C16H27N3O.C16H26N2O2.C16H28N2O.C15H27N3O2S/c1-15(2,3)18-9-7-8-12-13(11-18)19(16(4,5)6)14(20)10-17-12;1-15(2,3)17-9-7-8-13-12(10-17)18(16(4,5)6)14(19)11-20-13;1-15(2,3)17-9-7-8-14-13(12-17)18(10-11-19-14)16(4,5)6;1-14(2,3)17-9-7-8-12-13(10-17)18(15(4,5)6)11-21(19,20)16-12/h7-8,17H,9-11H2,1-6H3;7-8H,9-11H2,1-6H3;7-8H,9-12H2,1-6H3;7-8,16H,9-11H2,1-6H3. The lowest BCUT2D eigenvalue weighted by molar-refractivity contribution is -0.140. The van der Waals surface area contributed by atoms with Gasteiger partial charge in [-0.1, -0.05) is 24.3 Å². The van der Waals surface area contributed by atoms with Crippen molar-refractivity contribution in [3.8, 4) is 0 Å².